The third-order valence-electron chi connectivity index (χ3n) is 3.00. The molecule has 1 unspecified atom stereocenters. The quantitative estimate of drug-likeness (QED) is 0.481. The van der Waals surface area contributed by atoms with E-state index in [1.54, 1.807) is 13.8 Å². The predicted octanol–water partition coefficient (Wildman–Crippen LogP) is -1.82. The highest BCUT2D eigenvalue weighted by atomic mass is 16.2. The molecule has 0 radical (unpaired) electrons. The summed E-state index contributed by atoms with van der Waals surface area (Å²) < 4.78 is 0. The molecule has 0 aromatic carbocycles. The SMILES string of the molecule is C[NH+](CCN)CCCN1C(=O)NC(C)(C)C1=O. The minimum Gasteiger partial charge on any atom is -0.336 e. The summed E-state index contributed by atoms with van der Waals surface area (Å²) in [6, 6.07) is -0.281. The summed E-state index contributed by atoms with van der Waals surface area (Å²) in [5.74, 6) is -0.140. The molecule has 98 valence electrons. The van der Waals surface area contributed by atoms with Crippen molar-refractivity contribution in [3.05, 3.63) is 0 Å². The number of nitrogens with one attached hydrogen (secondary N) is 2. The van der Waals surface area contributed by atoms with Gasteiger partial charge < -0.3 is 16.0 Å². The molecule has 17 heavy (non-hydrogen) atoms. The Kier molecular flexibility index (Phi) is 4.47. The Hall–Kier alpha value is -1.14. The van der Waals surface area contributed by atoms with Gasteiger partial charge in [0.2, 0.25) is 0 Å². The highest BCUT2D eigenvalue weighted by Gasteiger charge is 2.43. The standard InChI is InChI=1S/C11H22N4O2/c1-11(2)9(16)15(10(17)13-11)7-4-6-14(3)8-5-12/h4-8,12H2,1-3H3,(H,13,17)/p+1. The van der Waals surface area contributed by atoms with Gasteiger partial charge in [-0.2, -0.15) is 0 Å². The molecule has 1 fully saturated rings. The van der Waals surface area contributed by atoms with Crippen LogP contribution in [0.5, 0.6) is 0 Å². The van der Waals surface area contributed by atoms with Crippen molar-refractivity contribution >= 4 is 11.9 Å². The average Bonchev–Trinajstić information content (AvgIpc) is 2.40. The number of hydrogen-bond acceptors (Lipinski definition) is 3. The molecular formula is C11H23N4O2+. The number of carbonyl (C=O) groups excluding carboxylic acids is 2. The molecule has 0 saturated carbocycles. The van der Waals surface area contributed by atoms with Crippen LogP contribution >= 0.6 is 0 Å². The molecule has 1 rings (SSSR count). The van der Waals surface area contributed by atoms with Crippen molar-refractivity contribution in [3.63, 3.8) is 0 Å². The Labute approximate surface area is 102 Å². The van der Waals surface area contributed by atoms with E-state index in [2.05, 4.69) is 12.4 Å². The molecule has 3 amide bonds. The molecule has 6 nitrogen and oxygen atoms in total. The molecule has 0 spiro atoms. The van der Waals surface area contributed by atoms with Gasteiger partial charge in [-0.1, -0.05) is 0 Å². The number of quaternary nitrogens is 1. The van der Waals surface area contributed by atoms with E-state index in [4.69, 9.17) is 5.73 Å². The smallest absolute Gasteiger partial charge is 0.325 e. The van der Waals surface area contributed by atoms with Crippen LogP contribution in [-0.2, 0) is 4.79 Å². The number of amides is 3. The summed E-state index contributed by atoms with van der Waals surface area (Å²) in [4.78, 5) is 26.0. The first-order chi connectivity index (χ1) is 7.88. The van der Waals surface area contributed by atoms with Crippen molar-refractivity contribution in [2.75, 3.05) is 33.2 Å². The largest absolute Gasteiger partial charge is 0.336 e. The molecule has 0 aromatic heterocycles. The molecule has 0 bridgehead atoms. The van der Waals surface area contributed by atoms with Crippen molar-refractivity contribution in [2.24, 2.45) is 5.73 Å². The van der Waals surface area contributed by atoms with Crippen LogP contribution in [0.4, 0.5) is 4.79 Å². The number of rotatable bonds is 6. The Morgan fingerprint density at radius 3 is 2.47 bits per heavy atom. The summed E-state index contributed by atoms with van der Waals surface area (Å²) in [6.45, 7) is 6.40. The molecule has 1 heterocycles. The van der Waals surface area contributed by atoms with E-state index in [1.807, 2.05) is 0 Å². The van der Waals surface area contributed by atoms with Gasteiger partial charge in [-0.3, -0.25) is 9.69 Å². The lowest BCUT2D eigenvalue weighted by molar-refractivity contribution is -0.878. The van der Waals surface area contributed by atoms with Gasteiger partial charge in [-0.15, -0.1) is 0 Å². The van der Waals surface area contributed by atoms with Crippen LogP contribution in [0.3, 0.4) is 0 Å². The maximum Gasteiger partial charge on any atom is 0.325 e. The Bertz CT molecular complexity index is 304. The number of nitrogens with zero attached hydrogens (tertiary/aromatic N) is 1. The van der Waals surface area contributed by atoms with E-state index in [0.29, 0.717) is 13.1 Å². The van der Waals surface area contributed by atoms with E-state index in [9.17, 15) is 9.59 Å². The van der Waals surface area contributed by atoms with Gasteiger partial charge in [0.1, 0.15) is 5.54 Å². The minimum absolute atomic E-state index is 0.140. The van der Waals surface area contributed by atoms with E-state index in [0.717, 1.165) is 19.5 Å². The monoisotopic (exact) mass is 243 g/mol. The number of nitrogens with two attached hydrogens (primary N) is 1. The molecule has 0 aromatic rings. The lowest BCUT2D eigenvalue weighted by atomic mass is 10.1. The van der Waals surface area contributed by atoms with Crippen molar-refractivity contribution in [1.29, 1.82) is 0 Å². The van der Waals surface area contributed by atoms with Gasteiger partial charge in [0.05, 0.1) is 20.1 Å². The zero-order chi connectivity index (χ0) is 13.1. The van der Waals surface area contributed by atoms with E-state index in [-0.39, 0.29) is 11.9 Å². The number of imide groups is 1. The van der Waals surface area contributed by atoms with Gasteiger partial charge in [-0.05, 0) is 13.8 Å². The number of carbonyl (C=O) groups is 2. The van der Waals surface area contributed by atoms with Gasteiger partial charge in [-0.25, -0.2) is 4.79 Å². The molecule has 6 heteroatoms. The first kappa shape index (κ1) is 13.9. The van der Waals surface area contributed by atoms with Crippen LogP contribution in [0.2, 0.25) is 0 Å². The highest BCUT2D eigenvalue weighted by molar-refractivity contribution is 6.06. The van der Waals surface area contributed by atoms with Gasteiger partial charge >= 0.3 is 6.03 Å². The number of urea groups is 1. The highest BCUT2D eigenvalue weighted by Crippen LogP contribution is 2.16. The Balaban J connectivity index is 2.38. The maximum absolute atomic E-state index is 11.9. The molecule has 4 N–H and O–H groups in total. The van der Waals surface area contributed by atoms with E-state index in [1.165, 1.54) is 9.80 Å². The number of likely N-dealkylation sites (N-methyl/N-ethyl adjacent to an activating group) is 1. The summed E-state index contributed by atoms with van der Waals surface area (Å²) >= 11 is 0. The average molecular weight is 243 g/mol. The lowest BCUT2D eigenvalue weighted by Gasteiger charge is -2.17. The predicted molar refractivity (Wildman–Crippen MR) is 64.6 cm³/mol. The van der Waals surface area contributed by atoms with Crippen LogP contribution in [0.1, 0.15) is 20.3 Å². The molecule has 0 aliphatic carbocycles. The fraction of sp³-hybridized carbons (Fsp3) is 0.818. The van der Waals surface area contributed by atoms with Gasteiger partial charge in [0.25, 0.3) is 5.91 Å². The maximum atomic E-state index is 11.9. The third kappa shape index (κ3) is 3.41. The second kappa shape index (κ2) is 5.46. The Morgan fingerprint density at radius 2 is 2.00 bits per heavy atom. The minimum atomic E-state index is -0.757. The van der Waals surface area contributed by atoms with Crippen LogP contribution < -0.4 is 16.0 Å². The van der Waals surface area contributed by atoms with Crippen molar-refractivity contribution in [2.45, 2.75) is 25.8 Å². The fourth-order valence-electron chi connectivity index (χ4n) is 1.93. The lowest BCUT2D eigenvalue weighted by Crippen LogP contribution is -3.09. The molecule has 1 aliphatic rings. The van der Waals surface area contributed by atoms with E-state index < -0.39 is 5.54 Å². The van der Waals surface area contributed by atoms with Gasteiger partial charge in [0, 0.05) is 19.5 Å². The van der Waals surface area contributed by atoms with Crippen molar-refractivity contribution in [1.82, 2.24) is 10.2 Å². The zero-order valence-corrected chi connectivity index (χ0v) is 10.9. The summed E-state index contributed by atoms with van der Waals surface area (Å²) in [7, 11) is 2.06. The fourth-order valence-corrected chi connectivity index (χ4v) is 1.93. The van der Waals surface area contributed by atoms with Crippen molar-refractivity contribution < 1.29 is 14.5 Å². The summed E-state index contributed by atoms with van der Waals surface area (Å²) in [5.41, 5.74) is 4.70. The normalized spacial score (nSPS) is 20.6. The summed E-state index contributed by atoms with van der Waals surface area (Å²) in [6.07, 6.45) is 0.807. The van der Waals surface area contributed by atoms with Crippen LogP contribution in [0, 0.1) is 0 Å². The zero-order valence-electron chi connectivity index (χ0n) is 10.9. The Morgan fingerprint density at radius 1 is 1.35 bits per heavy atom. The topological polar surface area (TPSA) is 79.9 Å². The molecular weight excluding hydrogens is 220 g/mol. The first-order valence-electron chi connectivity index (χ1n) is 6.04. The van der Waals surface area contributed by atoms with E-state index >= 15 is 0 Å². The third-order valence-corrected chi connectivity index (χ3v) is 3.00. The van der Waals surface area contributed by atoms with Crippen LogP contribution in [0.25, 0.3) is 0 Å². The van der Waals surface area contributed by atoms with Gasteiger partial charge in [0.15, 0.2) is 0 Å². The first-order valence-corrected chi connectivity index (χ1v) is 6.04. The second-order valence-corrected chi connectivity index (χ2v) is 5.11. The molecule has 1 atom stereocenters. The number of hydrogen-bond donors (Lipinski definition) is 3. The van der Waals surface area contributed by atoms with Crippen LogP contribution in [0.15, 0.2) is 0 Å². The summed E-state index contributed by atoms with van der Waals surface area (Å²) in [5, 5.41) is 2.67. The molecule has 1 aliphatic heterocycles. The molecule has 1 saturated heterocycles. The second-order valence-electron chi connectivity index (χ2n) is 5.11. The van der Waals surface area contributed by atoms with Crippen LogP contribution in [-0.4, -0.2) is 55.6 Å². The van der Waals surface area contributed by atoms with Crippen molar-refractivity contribution in [3.8, 4) is 0 Å².